The van der Waals surface area contributed by atoms with Crippen molar-refractivity contribution in [2.75, 3.05) is 0 Å². The van der Waals surface area contributed by atoms with Gasteiger partial charge >= 0.3 is 10.4 Å². The van der Waals surface area contributed by atoms with Crippen LogP contribution < -0.4 is 5.32 Å². The zero-order valence-corrected chi connectivity index (χ0v) is 8.82. The first-order valence-electron chi connectivity index (χ1n) is 3.99. The molecule has 1 rings (SSSR count). The molecular weight excluding hydrogens is 228 g/mol. The fourth-order valence-corrected chi connectivity index (χ4v) is 1.62. The number of carbonyl (C=O) groups excluding carboxylic acids is 2. The fraction of sp³-hybridized carbons (Fsp3) is 0.667. The van der Waals surface area contributed by atoms with Crippen molar-refractivity contribution in [2.45, 2.75) is 25.9 Å². The summed E-state index contributed by atoms with van der Waals surface area (Å²) in [6.45, 7) is 2.69. The molecule has 9 heteroatoms. The third-order valence-electron chi connectivity index (χ3n) is 1.87. The molecule has 0 radical (unpaired) electrons. The Balaban J connectivity index is 2.62. The highest BCUT2D eigenvalue weighted by atomic mass is 32.3. The minimum Gasteiger partial charge on any atom is -0.343 e. The van der Waals surface area contributed by atoms with Gasteiger partial charge in [0.25, 0.3) is 5.91 Å². The average molecular weight is 238 g/mol. The van der Waals surface area contributed by atoms with E-state index in [9.17, 15) is 18.0 Å². The van der Waals surface area contributed by atoms with E-state index >= 15 is 0 Å². The Labute approximate surface area is 86.1 Å². The zero-order chi connectivity index (χ0) is 11.8. The monoisotopic (exact) mass is 238 g/mol. The molecular formula is C6H10N2O6S. The van der Waals surface area contributed by atoms with Gasteiger partial charge in [-0.05, 0) is 6.92 Å². The lowest BCUT2D eigenvalue weighted by Crippen LogP contribution is -2.69. The van der Waals surface area contributed by atoms with Crippen molar-refractivity contribution in [3.8, 4) is 0 Å². The van der Waals surface area contributed by atoms with Crippen molar-refractivity contribution < 1.29 is 26.8 Å². The lowest BCUT2D eigenvalue weighted by atomic mass is 10.0. The minimum atomic E-state index is -4.71. The molecule has 0 aromatic heterocycles. The van der Waals surface area contributed by atoms with Crippen molar-refractivity contribution >= 4 is 22.2 Å². The quantitative estimate of drug-likeness (QED) is 0.455. The molecule has 15 heavy (non-hydrogen) atoms. The molecule has 1 fully saturated rings. The summed E-state index contributed by atoms with van der Waals surface area (Å²) in [4.78, 5) is 21.8. The van der Waals surface area contributed by atoms with Gasteiger partial charge in [-0.3, -0.25) is 14.1 Å². The maximum absolute atomic E-state index is 11.2. The summed E-state index contributed by atoms with van der Waals surface area (Å²) in [6.07, 6.45) is 0. The molecule has 86 valence electrons. The smallest absolute Gasteiger partial charge is 0.343 e. The van der Waals surface area contributed by atoms with Gasteiger partial charge in [0, 0.05) is 6.92 Å². The average Bonchev–Trinajstić information content (AvgIpc) is 2.08. The van der Waals surface area contributed by atoms with Gasteiger partial charge in [0.15, 0.2) is 0 Å². The molecule has 0 saturated carbocycles. The van der Waals surface area contributed by atoms with Crippen LogP contribution in [0.3, 0.4) is 0 Å². The molecule has 1 aliphatic rings. The predicted octanol–water partition coefficient (Wildman–Crippen LogP) is -1.54. The van der Waals surface area contributed by atoms with E-state index in [0.29, 0.717) is 5.06 Å². The first-order valence-corrected chi connectivity index (χ1v) is 5.36. The second-order valence-electron chi connectivity index (χ2n) is 3.09. The molecule has 0 unspecified atom stereocenters. The van der Waals surface area contributed by atoms with Crippen molar-refractivity contribution in [2.24, 2.45) is 0 Å². The van der Waals surface area contributed by atoms with E-state index in [1.165, 1.54) is 13.8 Å². The second kappa shape index (κ2) is 3.76. The van der Waals surface area contributed by atoms with Crippen LogP contribution in [0.4, 0.5) is 0 Å². The van der Waals surface area contributed by atoms with Crippen molar-refractivity contribution in [3.05, 3.63) is 0 Å². The highest BCUT2D eigenvalue weighted by molar-refractivity contribution is 7.80. The lowest BCUT2D eigenvalue weighted by molar-refractivity contribution is -0.196. The molecule has 2 amide bonds. The van der Waals surface area contributed by atoms with Crippen LogP contribution in [-0.4, -0.2) is 41.9 Å². The van der Waals surface area contributed by atoms with E-state index in [1.807, 2.05) is 0 Å². The van der Waals surface area contributed by atoms with E-state index in [1.54, 1.807) is 0 Å². The van der Waals surface area contributed by atoms with Crippen LogP contribution in [0.15, 0.2) is 0 Å². The molecule has 0 spiro atoms. The number of β-lactam (4-membered cyclic amide) rings is 1. The Hall–Kier alpha value is -1.19. The Morgan fingerprint density at radius 2 is 2.13 bits per heavy atom. The van der Waals surface area contributed by atoms with Crippen LogP contribution in [0.25, 0.3) is 0 Å². The zero-order valence-electron chi connectivity index (χ0n) is 8.00. The maximum atomic E-state index is 11.2. The van der Waals surface area contributed by atoms with Gasteiger partial charge < -0.3 is 5.32 Å². The Bertz CT molecular complexity index is 390. The number of amides is 2. The molecule has 0 aromatic rings. The molecule has 0 aliphatic carbocycles. The number of hydrogen-bond acceptors (Lipinski definition) is 5. The summed E-state index contributed by atoms with van der Waals surface area (Å²) in [5.41, 5.74) is 0. The van der Waals surface area contributed by atoms with Gasteiger partial charge in [-0.2, -0.15) is 13.5 Å². The minimum absolute atomic E-state index is 0.410. The first kappa shape index (κ1) is 11.9. The third-order valence-corrected chi connectivity index (χ3v) is 2.22. The highest BCUT2D eigenvalue weighted by Crippen LogP contribution is 2.21. The normalized spacial score (nSPS) is 26.1. The largest absolute Gasteiger partial charge is 0.418 e. The summed E-state index contributed by atoms with van der Waals surface area (Å²) >= 11 is 0. The van der Waals surface area contributed by atoms with Gasteiger partial charge in [-0.1, -0.05) is 0 Å². The summed E-state index contributed by atoms with van der Waals surface area (Å²) in [5, 5.41) is 2.79. The first-order chi connectivity index (χ1) is 6.72. The lowest BCUT2D eigenvalue weighted by Gasteiger charge is -2.41. The van der Waals surface area contributed by atoms with E-state index in [0.717, 1.165) is 0 Å². The summed E-state index contributed by atoms with van der Waals surface area (Å²) in [6, 6.07) is -1.47. The van der Waals surface area contributed by atoms with E-state index in [-0.39, 0.29) is 0 Å². The van der Waals surface area contributed by atoms with E-state index in [2.05, 4.69) is 9.60 Å². The van der Waals surface area contributed by atoms with Gasteiger partial charge in [0.05, 0.1) is 6.04 Å². The molecule has 0 aromatic carbocycles. The SMILES string of the molecule is CC(=O)N[C@@H]1C(=O)N(OS(=O)(=O)O)[C@H]1C. The van der Waals surface area contributed by atoms with Crippen LogP contribution in [-0.2, 0) is 24.3 Å². The molecule has 8 nitrogen and oxygen atoms in total. The highest BCUT2D eigenvalue weighted by Gasteiger charge is 2.48. The Morgan fingerprint density at radius 3 is 2.47 bits per heavy atom. The summed E-state index contributed by atoms with van der Waals surface area (Å²) in [5.74, 6) is -1.14. The van der Waals surface area contributed by atoms with Crippen molar-refractivity contribution in [3.63, 3.8) is 0 Å². The number of nitrogens with one attached hydrogen (secondary N) is 1. The van der Waals surface area contributed by atoms with Crippen LogP contribution in [0.5, 0.6) is 0 Å². The third kappa shape index (κ3) is 2.64. The van der Waals surface area contributed by atoms with Gasteiger partial charge in [-0.15, -0.1) is 4.28 Å². The van der Waals surface area contributed by atoms with Crippen molar-refractivity contribution in [1.29, 1.82) is 0 Å². The van der Waals surface area contributed by atoms with Gasteiger partial charge in [-0.25, -0.2) is 0 Å². The number of carbonyl (C=O) groups is 2. The van der Waals surface area contributed by atoms with Crippen LogP contribution in [0.2, 0.25) is 0 Å². The molecule has 2 atom stereocenters. The predicted molar refractivity (Wildman–Crippen MR) is 46.5 cm³/mol. The molecule has 2 N–H and O–H groups in total. The van der Waals surface area contributed by atoms with Crippen LogP contribution in [0, 0.1) is 0 Å². The number of nitrogens with zero attached hydrogens (tertiary/aromatic N) is 1. The van der Waals surface area contributed by atoms with Crippen molar-refractivity contribution in [1.82, 2.24) is 10.4 Å². The van der Waals surface area contributed by atoms with Crippen LogP contribution in [0.1, 0.15) is 13.8 Å². The Kier molecular flexibility index (Phi) is 2.98. The molecule has 1 aliphatic heterocycles. The fourth-order valence-electron chi connectivity index (χ4n) is 1.20. The number of rotatable bonds is 3. The van der Waals surface area contributed by atoms with Gasteiger partial charge in [0.1, 0.15) is 6.04 Å². The summed E-state index contributed by atoms with van der Waals surface area (Å²) < 4.78 is 32.9. The van der Waals surface area contributed by atoms with E-state index in [4.69, 9.17) is 4.55 Å². The van der Waals surface area contributed by atoms with Crippen LogP contribution >= 0.6 is 0 Å². The second-order valence-corrected chi connectivity index (χ2v) is 4.09. The standard InChI is InChI=1S/C6H10N2O6S/c1-3-5(7-4(2)9)6(10)8(3)14-15(11,12)13/h3,5H,1-2H3,(H,7,9)(H,11,12,13)/t3-,5-/m0/s1. The molecule has 0 bridgehead atoms. The molecule has 1 saturated heterocycles. The summed E-state index contributed by atoms with van der Waals surface area (Å²) in [7, 11) is -4.71. The van der Waals surface area contributed by atoms with Gasteiger partial charge in [0.2, 0.25) is 5.91 Å². The molecule has 1 heterocycles. The maximum Gasteiger partial charge on any atom is 0.418 e. The van der Waals surface area contributed by atoms with E-state index < -0.39 is 34.3 Å². The topological polar surface area (TPSA) is 113 Å². The Morgan fingerprint density at radius 1 is 1.60 bits per heavy atom. The number of hydrogen-bond donors (Lipinski definition) is 2. The number of hydroxylamine groups is 2.